The largest absolute Gasteiger partial charge is 0.399 e. The number of nitrogens with zero attached hydrogens (tertiary/aromatic N) is 1. The third kappa shape index (κ3) is 4.72. The van der Waals surface area contributed by atoms with E-state index in [1.165, 1.54) is 12.7 Å². The first-order valence-corrected chi connectivity index (χ1v) is 11.0. The average molecular weight is 442 g/mol. The van der Waals surface area contributed by atoms with Crippen LogP contribution in [0.2, 0.25) is 0 Å². The summed E-state index contributed by atoms with van der Waals surface area (Å²) >= 11 is 0. The number of aliphatic hydroxyl groups is 4. The molecule has 0 radical (unpaired) electrons. The van der Waals surface area contributed by atoms with Crippen LogP contribution in [0.15, 0.2) is 47.6 Å². The maximum atomic E-state index is 10.5. The summed E-state index contributed by atoms with van der Waals surface area (Å²) in [6, 6.07) is 14.2. The lowest BCUT2D eigenvalue weighted by Crippen LogP contribution is -2.55. The second-order valence-electron chi connectivity index (χ2n) is 8.71. The van der Waals surface area contributed by atoms with Crippen molar-refractivity contribution in [3.63, 3.8) is 0 Å². The maximum absolute atomic E-state index is 10.5. The molecule has 2 aromatic carbocycles. The number of rotatable bonds is 7. The zero-order chi connectivity index (χ0) is 22.8. The Morgan fingerprint density at radius 3 is 2.38 bits per heavy atom. The highest BCUT2D eigenvalue weighted by Gasteiger charge is 2.44. The van der Waals surface area contributed by atoms with Crippen LogP contribution in [-0.4, -0.2) is 64.3 Å². The Bertz CT molecular complexity index is 953. The van der Waals surface area contributed by atoms with E-state index in [1.807, 2.05) is 31.2 Å². The molecular weight excluding hydrogens is 410 g/mol. The molecule has 1 aliphatic carbocycles. The summed E-state index contributed by atoms with van der Waals surface area (Å²) < 4.78 is 5.77. The average Bonchev–Trinajstić information content (AvgIpc) is 3.64. The normalized spacial score (nSPS) is 28.6. The molecule has 172 valence electrons. The lowest BCUT2D eigenvalue weighted by atomic mass is 9.88. The zero-order valence-corrected chi connectivity index (χ0v) is 18.4. The number of benzene rings is 2. The molecule has 1 aliphatic heterocycles. The summed E-state index contributed by atoms with van der Waals surface area (Å²) in [5.41, 5.74) is 6.11. The molecule has 32 heavy (non-hydrogen) atoms. The van der Waals surface area contributed by atoms with Crippen LogP contribution in [0.25, 0.3) is 0 Å². The van der Waals surface area contributed by atoms with E-state index < -0.39 is 37.1 Å². The molecule has 0 bridgehead atoms. The highest BCUT2D eigenvalue weighted by molar-refractivity contribution is 5.98. The minimum atomic E-state index is -1.39. The van der Waals surface area contributed by atoms with Crippen LogP contribution >= 0.6 is 0 Å². The molecule has 2 aromatic rings. The van der Waals surface area contributed by atoms with Gasteiger partial charge < -0.3 is 30.0 Å². The Kier molecular flexibility index (Phi) is 6.93. The van der Waals surface area contributed by atoms with Crippen LogP contribution in [-0.2, 0) is 16.0 Å². The van der Waals surface area contributed by atoms with E-state index in [4.69, 9.17) is 9.57 Å². The lowest BCUT2D eigenvalue weighted by Gasteiger charge is -2.40. The van der Waals surface area contributed by atoms with Crippen LogP contribution in [0.4, 0.5) is 0 Å². The Morgan fingerprint density at radius 1 is 1.03 bits per heavy atom. The van der Waals surface area contributed by atoms with Crippen LogP contribution in [0.5, 0.6) is 0 Å². The monoisotopic (exact) mass is 441 g/mol. The van der Waals surface area contributed by atoms with Crippen LogP contribution in [0.3, 0.4) is 0 Å². The minimum absolute atomic E-state index is 0.438. The molecule has 2 fully saturated rings. The van der Waals surface area contributed by atoms with Crippen molar-refractivity contribution in [2.45, 2.75) is 62.6 Å². The molecule has 1 heterocycles. The van der Waals surface area contributed by atoms with Gasteiger partial charge in [0, 0.05) is 0 Å². The topological polar surface area (TPSA) is 112 Å². The Hall–Kier alpha value is -2.29. The van der Waals surface area contributed by atoms with E-state index in [2.05, 4.69) is 23.4 Å². The first-order valence-electron chi connectivity index (χ1n) is 11.0. The van der Waals surface area contributed by atoms with Crippen molar-refractivity contribution in [2.75, 3.05) is 13.7 Å². The molecule has 5 atom stereocenters. The standard InChI is InChI=1S/C25H31NO6/c1-14(26-31-2)16-5-3-15(4-6-16)11-19-12-18(9-10-20(19)17-7-8-17)25-24(30)23(29)22(28)21(13-27)32-25/h3-6,9-10,12,17,21-25,27-30H,7-8,11,13H2,1-2H3/b26-14+/t21-,22-,23+,24-,25+/m1/s1. The van der Waals surface area contributed by atoms with Crippen molar-refractivity contribution in [3.05, 3.63) is 70.3 Å². The Morgan fingerprint density at radius 2 is 1.75 bits per heavy atom. The van der Waals surface area contributed by atoms with Gasteiger partial charge in [-0.15, -0.1) is 0 Å². The van der Waals surface area contributed by atoms with E-state index >= 15 is 0 Å². The van der Waals surface area contributed by atoms with Crippen LogP contribution in [0, 0.1) is 0 Å². The highest BCUT2D eigenvalue weighted by Crippen LogP contribution is 2.43. The van der Waals surface area contributed by atoms with Gasteiger partial charge >= 0.3 is 0 Å². The molecule has 0 aromatic heterocycles. The first kappa shape index (κ1) is 22.9. The van der Waals surface area contributed by atoms with Gasteiger partial charge in [0.05, 0.1) is 12.3 Å². The smallest absolute Gasteiger partial charge is 0.113 e. The van der Waals surface area contributed by atoms with Crippen molar-refractivity contribution in [3.8, 4) is 0 Å². The second kappa shape index (κ2) is 9.68. The molecule has 0 spiro atoms. The van der Waals surface area contributed by atoms with Gasteiger partial charge in [0.15, 0.2) is 0 Å². The predicted octanol–water partition coefficient (Wildman–Crippen LogP) is 2.04. The molecule has 4 N–H and O–H groups in total. The molecule has 1 saturated carbocycles. The van der Waals surface area contributed by atoms with Gasteiger partial charge in [0.1, 0.15) is 37.6 Å². The number of aliphatic hydroxyl groups excluding tert-OH is 4. The van der Waals surface area contributed by atoms with Crippen molar-refractivity contribution in [1.82, 2.24) is 0 Å². The van der Waals surface area contributed by atoms with Gasteiger partial charge in [0.25, 0.3) is 0 Å². The van der Waals surface area contributed by atoms with Gasteiger partial charge in [0.2, 0.25) is 0 Å². The number of hydrogen-bond donors (Lipinski definition) is 4. The molecule has 0 unspecified atom stereocenters. The summed E-state index contributed by atoms with van der Waals surface area (Å²) in [7, 11) is 1.53. The number of oxime groups is 1. The fraction of sp³-hybridized carbons (Fsp3) is 0.480. The molecular formula is C25H31NO6. The summed E-state index contributed by atoms with van der Waals surface area (Å²) in [6.45, 7) is 1.46. The molecule has 7 heteroatoms. The molecule has 0 amide bonds. The van der Waals surface area contributed by atoms with Crippen molar-refractivity contribution >= 4 is 5.71 Å². The van der Waals surface area contributed by atoms with Gasteiger partial charge in [-0.05, 0) is 59.9 Å². The summed E-state index contributed by atoms with van der Waals surface area (Å²) in [6.07, 6.45) is -2.73. The summed E-state index contributed by atoms with van der Waals surface area (Å²) in [5.74, 6) is 0.546. The highest BCUT2D eigenvalue weighted by atomic mass is 16.6. The lowest BCUT2D eigenvalue weighted by molar-refractivity contribution is -0.231. The van der Waals surface area contributed by atoms with Crippen LogP contribution in [0.1, 0.15) is 59.6 Å². The second-order valence-corrected chi connectivity index (χ2v) is 8.71. The van der Waals surface area contributed by atoms with E-state index in [9.17, 15) is 20.4 Å². The minimum Gasteiger partial charge on any atom is -0.399 e. The third-order valence-corrected chi connectivity index (χ3v) is 6.40. The first-order chi connectivity index (χ1) is 15.4. The molecule has 1 saturated heterocycles. The Balaban J connectivity index is 1.61. The fourth-order valence-corrected chi connectivity index (χ4v) is 4.40. The molecule has 2 aliphatic rings. The van der Waals surface area contributed by atoms with E-state index in [1.54, 1.807) is 0 Å². The van der Waals surface area contributed by atoms with E-state index in [-0.39, 0.29) is 0 Å². The molecule has 7 nitrogen and oxygen atoms in total. The van der Waals surface area contributed by atoms with E-state index in [0.29, 0.717) is 5.92 Å². The number of ether oxygens (including phenoxy) is 1. The van der Waals surface area contributed by atoms with Crippen molar-refractivity contribution in [1.29, 1.82) is 0 Å². The maximum Gasteiger partial charge on any atom is 0.113 e. The summed E-state index contributed by atoms with van der Waals surface area (Å²) in [5, 5.41) is 44.3. The third-order valence-electron chi connectivity index (χ3n) is 6.40. The number of hydrogen-bond acceptors (Lipinski definition) is 7. The zero-order valence-electron chi connectivity index (χ0n) is 18.4. The van der Waals surface area contributed by atoms with Gasteiger partial charge in [-0.3, -0.25) is 0 Å². The summed E-state index contributed by atoms with van der Waals surface area (Å²) in [4.78, 5) is 4.85. The quantitative estimate of drug-likeness (QED) is 0.387. The van der Waals surface area contributed by atoms with Gasteiger partial charge in [-0.1, -0.05) is 47.6 Å². The van der Waals surface area contributed by atoms with Gasteiger partial charge in [-0.2, -0.15) is 0 Å². The Labute approximate surface area is 187 Å². The predicted molar refractivity (Wildman–Crippen MR) is 120 cm³/mol. The molecule has 4 rings (SSSR count). The SMILES string of the molecule is CO/N=C(\C)c1ccc(Cc2cc([C@@H]3O[C@H](CO)[C@@H](O)[C@H](O)[C@H]3O)ccc2C2CC2)cc1. The fourth-order valence-electron chi connectivity index (χ4n) is 4.40. The van der Waals surface area contributed by atoms with E-state index in [0.717, 1.165) is 47.2 Å². The van der Waals surface area contributed by atoms with Crippen molar-refractivity contribution < 1.29 is 30.0 Å². The van der Waals surface area contributed by atoms with Gasteiger partial charge in [-0.25, -0.2) is 0 Å². The van der Waals surface area contributed by atoms with Crippen molar-refractivity contribution in [2.24, 2.45) is 5.16 Å². The van der Waals surface area contributed by atoms with Crippen LogP contribution < -0.4 is 0 Å².